The highest BCUT2D eigenvalue weighted by molar-refractivity contribution is 6.73. The molecule has 0 aromatic rings. The number of unbranched alkanes of at least 4 members (excludes halogenated alkanes) is 2. The van der Waals surface area contributed by atoms with Crippen molar-refractivity contribution in [3.8, 4) is 0 Å². The van der Waals surface area contributed by atoms with E-state index >= 15 is 0 Å². The van der Waals surface area contributed by atoms with Crippen molar-refractivity contribution in [3.05, 3.63) is 0 Å². The minimum Gasteiger partial charge on any atom is -0.394 e. The third-order valence-electron chi connectivity index (χ3n) is 4.99. The van der Waals surface area contributed by atoms with Gasteiger partial charge in [-0.3, -0.25) is 0 Å². The molecular weight excluding hydrogens is 384 g/mol. The van der Waals surface area contributed by atoms with E-state index in [0.717, 1.165) is 76.3 Å². The van der Waals surface area contributed by atoms with Crippen molar-refractivity contribution in [2.45, 2.75) is 117 Å². The smallest absolute Gasteiger partial charge is 0.338 e. The Hall–Kier alpha value is 0.274. The van der Waals surface area contributed by atoms with Crippen LogP contribution in [0, 0.1) is 0 Å². The van der Waals surface area contributed by atoms with Gasteiger partial charge < -0.3 is 17.7 Å². The highest BCUT2D eigenvalue weighted by Crippen LogP contribution is 2.32. The van der Waals surface area contributed by atoms with Gasteiger partial charge in [-0.1, -0.05) is 67.2 Å². The molecule has 0 spiro atoms. The van der Waals surface area contributed by atoms with Crippen LogP contribution in [-0.2, 0) is 17.7 Å². The summed E-state index contributed by atoms with van der Waals surface area (Å²) in [5.41, 5.74) is 0. The van der Waals surface area contributed by atoms with E-state index in [9.17, 15) is 0 Å². The lowest BCUT2D eigenvalue weighted by Crippen LogP contribution is -2.48. The molecule has 0 aliphatic rings. The summed E-state index contributed by atoms with van der Waals surface area (Å²) < 4.78 is 26.1. The van der Waals surface area contributed by atoms with E-state index in [0.29, 0.717) is 0 Å². The van der Waals surface area contributed by atoms with Crippen molar-refractivity contribution < 1.29 is 17.7 Å². The zero-order valence-corrected chi connectivity index (χ0v) is 21.9. The molecular formula is C22H50O4Si2. The number of hydrogen-bond acceptors (Lipinski definition) is 4. The molecule has 0 aliphatic carbocycles. The fourth-order valence-electron chi connectivity index (χ4n) is 3.34. The topological polar surface area (TPSA) is 36.9 Å². The minimum atomic E-state index is -2.21. The van der Waals surface area contributed by atoms with Gasteiger partial charge in [-0.25, -0.2) is 0 Å². The molecule has 0 rings (SSSR count). The molecule has 0 amide bonds. The summed E-state index contributed by atoms with van der Waals surface area (Å²) >= 11 is 0. The molecule has 0 atom stereocenters. The summed E-state index contributed by atoms with van der Waals surface area (Å²) in [5.74, 6) is 0. The molecule has 0 aromatic carbocycles. The SMILES string of the molecule is CCCC[Si](CC[Si](CCCC)(OCCC)OCCC)(OCCC)OCCC. The summed E-state index contributed by atoms with van der Waals surface area (Å²) in [6, 6.07) is 4.25. The van der Waals surface area contributed by atoms with Crippen molar-refractivity contribution in [1.82, 2.24) is 0 Å². The third kappa shape index (κ3) is 12.1. The molecule has 0 bridgehead atoms. The van der Waals surface area contributed by atoms with Crippen LogP contribution in [0.25, 0.3) is 0 Å². The van der Waals surface area contributed by atoms with Gasteiger partial charge in [0, 0.05) is 26.4 Å². The van der Waals surface area contributed by atoms with Crippen molar-refractivity contribution in [3.63, 3.8) is 0 Å². The average molecular weight is 435 g/mol. The second kappa shape index (κ2) is 18.1. The monoisotopic (exact) mass is 434 g/mol. The molecule has 170 valence electrons. The first-order chi connectivity index (χ1) is 13.6. The summed E-state index contributed by atoms with van der Waals surface area (Å²) in [4.78, 5) is 0. The molecule has 0 aliphatic heterocycles. The fraction of sp³-hybridized carbons (Fsp3) is 1.00. The minimum absolute atomic E-state index is 0.814. The van der Waals surface area contributed by atoms with E-state index in [1.54, 1.807) is 0 Å². The van der Waals surface area contributed by atoms with Crippen LogP contribution in [-0.4, -0.2) is 43.5 Å². The molecule has 0 saturated carbocycles. The second-order valence-corrected chi connectivity index (χ2v) is 14.7. The Bertz CT molecular complexity index is 267. The summed E-state index contributed by atoms with van der Waals surface area (Å²) in [5, 5.41) is 0. The van der Waals surface area contributed by atoms with E-state index < -0.39 is 17.1 Å². The molecule has 0 N–H and O–H groups in total. The Balaban J connectivity index is 5.42. The second-order valence-electron chi connectivity index (χ2n) is 7.92. The Morgan fingerprint density at radius 1 is 0.393 bits per heavy atom. The maximum atomic E-state index is 6.52. The van der Waals surface area contributed by atoms with Crippen molar-refractivity contribution in [2.75, 3.05) is 26.4 Å². The zero-order chi connectivity index (χ0) is 21.1. The molecule has 4 nitrogen and oxygen atoms in total. The first-order valence-electron chi connectivity index (χ1n) is 12.1. The van der Waals surface area contributed by atoms with E-state index in [1.165, 1.54) is 25.7 Å². The average Bonchev–Trinajstić information content (AvgIpc) is 2.73. The van der Waals surface area contributed by atoms with Gasteiger partial charge in [0.1, 0.15) is 0 Å². The zero-order valence-electron chi connectivity index (χ0n) is 19.9. The van der Waals surface area contributed by atoms with Crippen molar-refractivity contribution in [1.29, 1.82) is 0 Å². The van der Waals surface area contributed by atoms with Crippen molar-refractivity contribution in [2.24, 2.45) is 0 Å². The maximum absolute atomic E-state index is 6.52. The van der Waals surface area contributed by atoms with Gasteiger partial charge >= 0.3 is 17.1 Å². The Morgan fingerprint density at radius 3 is 0.893 bits per heavy atom. The van der Waals surface area contributed by atoms with Gasteiger partial charge in [0.15, 0.2) is 0 Å². The summed E-state index contributed by atoms with van der Waals surface area (Å²) in [6.45, 7) is 16.5. The van der Waals surface area contributed by atoms with E-state index in [4.69, 9.17) is 17.7 Å². The summed E-state index contributed by atoms with van der Waals surface area (Å²) in [7, 11) is -4.42. The summed E-state index contributed by atoms with van der Waals surface area (Å²) in [6.07, 6.45) is 8.96. The van der Waals surface area contributed by atoms with Gasteiger partial charge in [0.25, 0.3) is 0 Å². The van der Waals surface area contributed by atoms with E-state index in [-0.39, 0.29) is 0 Å². The fourth-order valence-corrected chi connectivity index (χ4v) is 12.3. The van der Waals surface area contributed by atoms with E-state index in [2.05, 4.69) is 41.5 Å². The maximum Gasteiger partial charge on any atom is 0.338 e. The Morgan fingerprint density at radius 2 is 0.679 bits per heavy atom. The highest BCUT2D eigenvalue weighted by atomic mass is 28.4. The highest BCUT2D eigenvalue weighted by Gasteiger charge is 2.44. The quantitative estimate of drug-likeness (QED) is 0.179. The Labute approximate surface area is 178 Å². The normalized spacial score (nSPS) is 12.6. The number of hydrogen-bond donors (Lipinski definition) is 0. The van der Waals surface area contributed by atoms with E-state index in [1.807, 2.05) is 0 Å². The van der Waals surface area contributed by atoms with Gasteiger partial charge in [0.2, 0.25) is 0 Å². The van der Waals surface area contributed by atoms with Crippen molar-refractivity contribution >= 4 is 17.1 Å². The first kappa shape index (κ1) is 28.3. The van der Waals surface area contributed by atoms with Crippen LogP contribution in [0.15, 0.2) is 0 Å². The van der Waals surface area contributed by atoms with Crippen LogP contribution in [0.3, 0.4) is 0 Å². The van der Waals surface area contributed by atoms with Crippen LogP contribution in [0.4, 0.5) is 0 Å². The van der Waals surface area contributed by atoms with Gasteiger partial charge in [-0.2, -0.15) is 0 Å². The predicted molar refractivity (Wildman–Crippen MR) is 126 cm³/mol. The van der Waals surface area contributed by atoms with Crippen LogP contribution < -0.4 is 0 Å². The molecule has 0 radical (unpaired) electrons. The van der Waals surface area contributed by atoms with Crippen LogP contribution in [0.2, 0.25) is 24.2 Å². The molecule has 0 fully saturated rings. The van der Waals surface area contributed by atoms with Crippen LogP contribution >= 0.6 is 0 Å². The van der Waals surface area contributed by atoms with Gasteiger partial charge in [0.05, 0.1) is 0 Å². The predicted octanol–water partition coefficient (Wildman–Crippen LogP) is 7.18. The third-order valence-corrected chi connectivity index (χ3v) is 12.7. The molecule has 0 heterocycles. The lowest BCUT2D eigenvalue weighted by Gasteiger charge is -2.36. The number of rotatable bonds is 21. The largest absolute Gasteiger partial charge is 0.394 e. The van der Waals surface area contributed by atoms with Gasteiger partial charge in [-0.15, -0.1) is 0 Å². The molecule has 28 heavy (non-hydrogen) atoms. The standard InChI is InChI=1S/C22H50O4Si2/c1-7-13-19-27(23-15-9-3,24-16-10-4)21-22-28(20-14-8-2,25-17-11-5)26-18-12-6/h7-22H2,1-6H3. The van der Waals surface area contributed by atoms with Gasteiger partial charge in [-0.05, 0) is 49.9 Å². The Kier molecular flexibility index (Phi) is 18.3. The van der Waals surface area contributed by atoms with Crippen LogP contribution in [0.5, 0.6) is 0 Å². The molecule has 0 unspecified atom stereocenters. The first-order valence-corrected chi connectivity index (χ1v) is 16.6. The van der Waals surface area contributed by atoms with Crippen LogP contribution in [0.1, 0.15) is 92.9 Å². The lowest BCUT2D eigenvalue weighted by atomic mass is 10.4. The lowest BCUT2D eigenvalue weighted by molar-refractivity contribution is 0.155. The molecule has 0 aromatic heterocycles. The molecule has 6 heteroatoms. The molecule has 0 saturated heterocycles.